The number of benzene rings is 1. The number of nitrogens with zero attached hydrogens (tertiary/aromatic N) is 4. The molecule has 0 aliphatic carbocycles. The van der Waals surface area contributed by atoms with E-state index in [2.05, 4.69) is 46.8 Å². The van der Waals surface area contributed by atoms with Crippen molar-refractivity contribution in [2.75, 3.05) is 45.7 Å². The number of rotatable bonds is 11. The largest absolute Gasteiger partial charge is 0.375 e. The van der Waals surface area contributed by atoms with Crippen LogP contribution in [0.25, 0.3) is 0 Å². The molecule has 8 nitrogen and oxygen atoms in total. The zero-order chi connectivity index (χ0) is 22.6. The molecular weight excluding hydrogens is 519 g/mol. The van der Waals surface area contributed by atoms with Crippen molar-refractivity contribution in [1.29, 1.82) is 0 Å². The molecule has 0 bridgehead atoms. The molecule has 2 N–H and O–H groups in total. The maximum atomic E-state index is 12.0. The fourth-order valence-electron chi connectivity index (χ4n) is 3.10. The first-order valence-corrected chi connectivity index (χ1v) is 10.9. The van der Waals surface area contributed by atoms with Gasteiger partial charge in [-0.3, -0.25) is 4.79 Å². The normalized spacial score (nSPS) is 11.0. The second-order valence-electron chi connectivity index (χ2n) is 7.58. The summed E-state index contributed by atoms with van der Waals surface area (Å²) in [5.74, 6) is 1.48. The van der Waals surface area contributed by atoms with Gasteiger partial charge < -0.3 is 25.0 Å². The number of aliphatic imine (C=N–C) groups is 1. The number of nitrogens with one attached hydrogen (secondary N) is 2. The number of aromatic nitrogens is 1. The molecule has 2 rings (SSSR count). The highest BCUT2D eigenvalue weighted by Crippen LogP contribution is 2.16. The zero-order valence-electron chi connectivity index (χ0n) is 19.9. The summed E-state index contributed by atoms with van der Waals surface area (Å²) in [7, 11) is 5.57. The van der Waals surface area contributed by atoms with Crippen LogP contribution >= 0.6 is 24.0 Å². The van der Waals surface area contributed by atoms with E-state index in [0.717, 1.165) is 49.4 Å². The van der Waals surface area contributed by atoms with Crippen molar-refractivity contribution in [2.24, 2.45) is 4.99 Å². The zero-order valence-corrected chi connectivity index (χ0v) is 22.2. The van der Waals surface area contributed by atoms with Crippen LogP contribution in [-0.2, 0) is 24.2 Å². The third-order valence-electron chi connectivity index (χ3n) is 5.07. The lowest BCUT2D eigenvalue weighted by atomic mass is 10.1. The highest BCUT2D eigenvalue weighted by Gasteiger charge is 2.13. The molecule has 1 aromatic carbocycles. The van der Waals surface area contributed by atoms with Crippen LogP contribution in [0.1, 0.15) is 37.3 Å². The summed E-state index contributed by atoms with van der Waals surface area (Å²) in [6.07, 6.45) is 2.51. The quantitative estimate of drug-likeness (QED) is 0.192. The van der Waals surface area contributed by atoms with Gasteiger partial charge in [0, 0.05) is 51.9 Å². The number of aryl methyl sites for hydroxylation is 2. The minimum atomic E-state index is -0.00761. The van der Waals surface area contributed by atoms with E-state index < -0.39 is 0 Å². The summed E-state index contributed by atoms with van der Waals surface area (Å²) >= 11 is 0. The molecule has 0 saturated heterocycles. The van der Waals surface area contributed by atoms with E-state index in [0.29, 0.717) is 12.5 Å². The maximum absolute atomic E-state index is 12.0. The van der Waals surface area contributed by atoms with Gasteiger partial charge in [0.15, 0.2) is 5.96 Å². The van der Waals surface area contributed by atoms with Crippen LogP contribution in [0, 0.1) is 0 Å². The van der Waals surface area contributed by atoms with Crippen LogP contribution in [0.15, 0.2) is 39.8 Å². The Kier molecular flexibility index (Phi) is 12.7. The molecular formula is C23H37IN6O2. The summed E-state index contributed by atoms with van der Waals surface area (Å²) in [4.78, 5) is 20.5. The molecule has 32 heavy (non-hydrogen) atoms. The van der Waals surface area contributed by atoms with Crippen LogP contribution in [0.5, 0.6) is 0 Å². The fraction of sp³-hybridized carbons (Fsp3) is 0.522. The first-order chi connectivity index (χ1) is 15.0. The van der Waals surface area contributed by atoms with Gasteiger partial charge in [0.1, 0.15) is 5.76 Å². The van der Waals surface area contributed by atoms with Gasteiger partial charge in [0.05, 0.1) is 18.8 Å². The van der Waals surface area contributed by atoms with E-state index in [9.17, 15) is 4.79 Å². The highest BCUT2D eigenvalue weighted by molar-refractivity contribution is 14.0. The van der Waals surface area contributed by atoms with Crippen LogP contribution < -0.4 is 15.5 Å². The number of anilines is 1. The van der Waals surface area contributed by atoms with Gasteiger partial charge in [0.2, 0.25) is 5.91 Å². The molecule has 0 atom stereocenters. The van der Waals surface area contributed by atoms with Crippen molar-refractivity contribution in [3.63, 3.8) is 0 Å². The Morgan fingerprint density at radius 1 is 1.09 bits per heavy atom. The standard InChI is InChI=1S/C23H36N6O2.HI/c1-6-20-19(21(7-2)31-27-20)16-25-23(26-17-22(30)28(3)4)24-14-11-15-29(5)18-12-9-8-10-13-18;/h8-10,12-13H,6-7,11,14-17H2,1-5H3,(H2,24,25,26);1H. The van der Waals surface area contributed by atoms with Crippen molar-refractivity contribution in [3.8, 4) is 0 Å². The van der Waals surface area contributed by atoms with Gasteiger partial charge in [-0.05, 0) is 25.0 Å². The lowest BCUT2D eigenvalue weighted by Crippen LogP contribution is -2.43. The Hall–Kier alpha value is -2.30. The summed E-state index contributed by atoms with van der Waals surface area (Å²) < 4.78 is 5.44. The van der Waals surface area contributed by atoms with Gasteiger partial charge in [-0.1, -0.05) is 37.2 Å². The van der Waals surface area contributed by atoms with Gasteiger partial charge in [0.25, 0.3) is 0 Å². The number of guanidine groups is 1. The van der Waals surface area contributed by atoms with Crippen molar-refractivity contribution in [1.82, 2.24) is 20.7 Å². The van der Waals surface area contributed by atoms with Crippen molar-refractivity contribution < 1.29 is 9.32 Å². The molecule has 1 aromatic heterocycles. The van der Waals surface area contributed by atoms with Crippen LogP contribution in [0.2, 0.25) is 0 Å². The molecule has 0 aliphatic rings. The Labute approximate surface area is 208 Å². The Balaban J connectivity index is 0.00000512. The molecule has 178 valence electrons. The third-order valence-corrected chi connectivity index (χ3v) is 5.07. The summed E-state index contributed by atoms with van der Waals surface area (Å²) in [5, 5.41) is 10.6. The summed E-state index contributed by atoms with van der Waals surface area (Å²) in [6, 6.07) is 10.3. The first kappa shape index (κ1) is 27.7. The fourth-order valence-corrected chi connectivity index (χ4v) is 3.10. The molecule has 1 amide bonds. The minimum absolute atomic E-state index is 0. The number of likely N-dealkylation sites (N-methyl/N-ethyl adjacent to an activating group) is 1. The molecule has 0 fully saturated rings. The van der Waals surface area contributed by atoms with E-state index in [1.165, 1.54) is 5.69 Å². The molecule has 2 aromatic rings. The first-order valence-electron chi connectivity index (χ1n) is 10.9. The van der Waals surface area contributed by atoms with Gasteiger partial charge in [-0.2, -0.15) is 0 Å². The number of halogens is 1. The molecule has 0 saturated carbocycles. The number of carbonyl (C=O) groups is 1. The summed E-state index contributed by atoms with van der Waals surface area (Å²) in [6.45, 7) is 6.40. The second-order valence-corrected chi connectivity index (χ2v) is 7.58. The predicted molar refractivity (Wildman–Crippen MR) is 141 cm³/mol. The molecule has 0 aliphatic heterocycles. The molecule has 9 heteroatoms. The van der Waals surface area contributed by atoms with Gasteiger partial charge in [-0.15, -0.1) is 24.0 Å². The van der Waals surface area contributed by atoms with Crippen LogP contribution in [0.3, 0.4) is 0 Å². The van der Waals surface area contributed by atoms with Gasteiger partial charge in [-0.25, -0.2) is 4.99 Å². The molecule has 0 unspecified atom stereocenters. The Morgan fingerprint density at radius 3 is 2.44 bits per heavy atom. The highest BCUT2D eigenvalue weighted by atomic mass is 127. The van der Waals surface area contributed by atoms with Crippen LogP contribution in [0.4, 0.5) is 5.69 Å². The lowest BCUT2D eigenvalue weighted by Gasteiger charge is -2.20. The SMILES string of the molecule is CCc1noc(CC)c1CN=C(NCCCN(C)c1ccccc1)NCC(=O)N(C)C.I. The number of amides is 1. The predicted octanol–water partition coefficient (Wildman–Crippen LogP) is 3.07. The number of carbonyl (C=O) groups excluding carboxylic acids is 1. The topological polar surface area (TPSA) is 86.0 Å². The molecule has 1 heterocycles. The van der Waals surface area contributed by atoms with Crippen LogP contribution in [-0.4, -0.2) is 62.7 Å². The smallest absolute Gasteiger partial charge is 0.241 e. The molecule has 0 radical (unpaired) electrons. The monoisotopic (exact) mass is 556 g/mol. The Bertz CT molecular complexity index is 817. The number of para-hydroxylation sites is 1. The third kappa shape index (κ3) is 8.68. The average Bonchev–Trinajstić information content (AvgIpc) is 3.19. The Morgan fingerprint density at radius 2 is 1.81 bits per heavy atom. The second kappa shape index (κ2) is 14.7. The van der Waals surface area contributed by atoms with E-state index in [4.69, 9.17) is 9.52 Å². The lowest BCUT2D eigenvalue weighted by molar-refractivity contribution is -0.127. The van der Waals surface area contributed by atoms with Crippen molar-refractivity contribution in [3.05, 3.63) is 47.3 Å². The van der Waals surface area contributed by atoms with E-state index in [-0.39, 0.29) is 36.4 Å². The van der Waals surface area contributed by atoms with E-state index in [1.807, 2.05) is 25.1 Å². The number of hydrogen-bond donors (Lipinski definition) is 2. The maximum Gasteiger partial charge on any atom is 0.241 e. The number of hydrogen-bond acceptors (Lipinski definition) is 5. The van der Waals surface area contributed by atoms with E-state index >= 15 is 0 Å². The van der Waals surface area contributed by atoms with Crippen molar-refractivity contribution in [2.45, 2.75) is 39.7 Å². The van der Waals surface area contributed by atoms with Crippen molar-refractivity contribution >= 4 is 41.5 Å². The molecule has 0 spiro atoms. The minimum Gasteiger partial charge on any atom is -0.375 e. The van der Waals surface area contributed by atoms with Gasteiger partial charge >= 0.3 is 0 Å². The average molecular weight is 556 g/mol. The van der Waals surface area contributed by atoms with E-state index in [1.54, 1.807) is 19.0 Å². The summed E-state index contributed by atoms with van der Waals surface area (Å²) in [5.41, 5.74) is 3.17.